The average molecular weight is 231 g/mol. The smallest absolute Gasteiger partial charge is 0.296 e. The van der Waals surface area contributed by atoms with E-state index in [9.17, 15) is 9.59 Å². The lowest BCUT2D eigenvalue weighted by atomic mass is 10.2. The summed E-state index contributed by atoms with van der Waals surface area (Å²) in [7, 11) is 0. The number of hydrogen-bond donors (Lipinski definition) is 2. The molecule has 2 rings (SSSR count). The Labute approximate surface area is 96.4 Å². The zero-order valence-electron chi connectivity index (χ0n) is 8.71. The van der Waals surface area contributed by atoms with E-state index in [1.807, 2.05) is 0 Å². The minimum absolute atomic E-state index is 0.0196. The molecule has 3 N–H and O–H groups in total. The molecule has 17 heavy (non-hydrogen) atoms. The van der Waals surface area contributed by atoms with Crippen molar-refractivity contribution in [3.05, 3.63) is 47.9 Å². The van der Waals surface area contributed by atoms with Crippen LogP contribution in [0, 0.1) is 0 Å². The number of anilines is 1. The summed E-state index contributed by atoms with van der Waals surface area (Å²) in [6, 6.07) is 7.57. The van der Waals surface area contributed by atoms with E-state index < -0.39 is 11.8 Å². The number of nitrogen functional groups attached to an aromatic ring is 1. The summed E-state index contributed by atoms with van der Waals surface area (Å²) >= 11 is 0. The van der Waals surface area contributed by atoms with Crippen LogP contribution in [0.5, 0.6) is 0 Å². The van der Waals surface area contributed by atoms with Gasteiger partial charge in [-0.25, -0.2) is 0 Å². The number of nitrogens with two attached hydrogens (primary N) is 1. The molecule has 0 spiro atoms. The van der Waals surface area contributed by atoms with Crippen LogP contribution >= 0.6 is 0 Å². The first-order valence-corrected chi connectivity index (χ1v) is 4.79. The van der Waals surface area contributed by atoms with Gasteiger partial charge in [0.1, 0.15) is 0 Å². The van der Waals surface area contributed by atoms with Crippen LogP contribution < -0.4 is 11.1 Å². The monoisotopic (exact) mass is 231 g/mol. The third-order valence-corrected chi connectivity index (χ3v) is 2.06. The second kappa shape index (κ2) is 4.48. The summed E-state index contributed by atoms with van der Waals surface area (Å²) in [6.45, 7) is 0. The zero-order chi connectivity index (χ0) is 12.3. The Kier molecular flexibility index (Phi) is 2.87. The molecule has 6 nitrogen and oxygen atoms in total. The number of carbonyl (C=O) groups is 2. The molecular formula is C11H9N3O3. The molecule has 0 aliphatic carbocycles. The number of imide groups is 1. The Morgan fingerprint density at radius 2 is 1.82 bits per heavy atom. The van der Waals surface area contributed by atoms with Gasteiger partial charge in [-0.3, -0.25) is 14.9 Å². The van der Waals surface area contributed by atoms with E-state index >= 15 is 0 Å². The predicted molar refractivity (Wildman–Crippen MR) is 59.2 cm³/mol. The molecule has 2 amide bonds. The van der Waals surface area contributed by atoms with Gasteiger partial charge >= 0.3 is 0 Å². The molecule has 86 valence electrons. The summed E-state index contributed by atoms with van der Waals surface area (Å²) in [5.41, 5.74) is 6.37. The van der Waals surface area contributed by atoms with Crippen LogP contribution in [0.25, 0.3) is 0 Å². The Morgan fingerprint density at radius 1 is 1.12 bits per heavy atom. The zero-order valence-corrected chi connectivity index (χ0v) is 8.71. The third kappa shape index (κ3) is 2.49. The number of nitrogens with zero attached hydrogens (tertiary/aromatic N) is 1. The van der Waals surface area contributed by atoms with E-state index in [4.69, 9.17) is 5.73 Å². The van der Waals surface area contributed by atoms with Crippen molar-refractivity contribution in [3.63, 3.8) is 0 Å². The Balaban J connectivity index is 2.07. The molecule has 0 bridgehead atoms. The molecular weight excluding hydrogens is 222 g/mol. The van der Waals surface area contributed by atoms with Gasteiger partial charge in [0.25, 0.3) is 11.8 Å². The SMILES string of the molecule is Nc1ccc(C(=O)NC(=O)c2ccno2)cc1. The maximum atomic E-state index is 11.6. The largest absolute Gasteiger partial charge is 0.399 e. The number of amides is 2. The summed E-state index contributed by atoms with van der Waals surface area (Å²) in [4.78, 5) is 23.1. The van der Waals surface area contributed by atoms with Crippen molar-refractivity contribution in [1.82, 2.24) is 10.5 Å². The van der Waals surface area contributed by atoms with Crippen LogP contribution in [0.2, 0.25) is 0 Å². The molecule has 0 fully saturated rings. The van der Waals surface area contributed by atoms with Crippen molar-refractivity contribution in [1.29, 1.82) is 0 Å². The van der Waals surface area contributed by atoms with E-state index in [0.717, 1.165) is 0 Å². The molecule has 0 aliphatic rings. The number of benzene rings is 1. The fraction of sp³-hybridized carbons (Fsp3) is 0. The molecule has 1 aromatic carbocycles. The molecule has 0 saturated carbocycles. The van der Waals surface area contributed by atoms with E-state index in [1.54, 1.807) is 12.1 Å². The number of aromatic nitrogens is 1. The summed E-state index contributed by atoms with van der Waals surface area (Å²) in [6.07, 6.45) is 1.32. The van der Waals surface area contributed by atoms with Gasteiger partial charge in [0.15, 0.2) is 0 Å². The molecule has 0 radical (unpaired) electrons. The van der Waals surface area contributed by atoms with Crippen molar-refractivity contribution in [3.8, 4) is 0 Å². The quantitative estimate of drug-likeness (QED) is 0.589. The van der Waals surface area contributed by atoms with Crippen LogP contribution in [0.3, 0.4) is 0 Å². The van der Waals surface area contributed by atoms with Gasteiger partial charge in [-0.05, 0) is 24.3 Å². The normalized spacial score (nSPS) is 9.88. The summed E-state index contributed by atoms with van der Waals surface area (Å²) < 4.78 is 4.62. The van der Waals surface area contributed by atoms with Gasteiger partial charge in [0, 0.05) is 17.3 Å². The third-order valence-electron chi connectivity index (χ3n) is 2.06. The number of hydrogen-bond acceptors (Lipinski definition) is 5. The van der Waals surface area contributed by atoms with E-state index in [2.05, 4.69) is 15.0 Å². The highest BCUT2D eigenvalue weighted by Gasteiger charge is 2.14. The molecule has 0 atom stereocenters. The Morgan fingerprint density at radius 3 is 2.41 bits per heavy atom. The van der Waals surface area contributed by atoms with Crippen LogP contribution in [-0.4, -0.2) is 17.0 Å². The number of carbonyl (C=O) groups excluding carboxylic acids is 2. The summed E-state index contributed by atoms with van der Waals surface area (Å²) in [5, 5.41) is 5.54. The van der Waals surface area contributed by atoms with Crippen LogP contribution in [0.1, 0.15) is 20.9 Å². The van der Waals surface area contributed by atoms with Crippen molar-refractivity contribution < 1.29 is 14.1 Å². The first-order chi connectivity index (χ1) is 8.16. The van der Waals surface area contributed by atoms with Crippen molar-refractivity contribution in [2.24, 2.45) is 0 Å². The minimum atomic E-state index is -0.635. The number of nitrogens with one attached hydrogen (secondary N) is 1. The van der Waals surface area contributed by atoms with Crippen molar-refractivity contribution in [2.75, 3.05) is 5.73 Å². The molecule has 6 heteroatoms. The lowest BCUT2D eigenvalue weighted by molar-refractivity contribution is 0.0827. The second-order valence-electron chi connectivity index (χ2n) is 3.28. The van der Waals surface area contributed by atoms with Gasteiger partial charge in [-0.2, -0.15) is 0 Å². The van der Waals surface area contributed by atoms with Crippen LogP contribution in [0.15, 0.2) is 41.1 Å². The van der Waals surface area contributed by atoms with E-state index in [0.29, 0.717) is 11.3 Å². The average Bonchev–Trinajstić information content (AvgIpc) is 2.83. The fourth-order valence-electron chi connectivity index (χ4n) is 1.20. The van der Waals surface area contributed by atoms with Crippen LogP contribution in [0.4, 0.5) is 5.69 Å². The van der Waals surface area contributed by atoms with Gasteiger partial charge in [0.05, 0.1) is 6.20 Å². The highest BCUT2D eigenvalue weighted by atomic mass is 16.5. The highest BCUT2D eigenvalue weighted by molar-refractivity contribution is 6.09. The van der Waals surface area contributed by atoms with Crippen LogP contribution in [-0.2, 0) is 0 Å². The maximum absolute atomic E-state index is 11.6. The van der Waals surface area contributed by atoms with E-state index in [-0.39, 0.29) is 5.76 Å². The van der Waals surface area contributed by atoms with Gasteiger partial charge in [0.2, 0.25) is 5.76 Å². The molecule has 0 unspecified atom stereocenters. The van der Waals surface area contributed by atoms with E-state index in [1.165, 1.54) is 24.4 Å². The first-order valence-electron chi connectivity index (χ1n) is 4.79. The molecule has 2 aromatic rings. The topological polar surface area (TPSA) is 98.2 Å². The van der Waals surface area contributed by atoms with Gasteiger partial charge in [-0.1, -0.05) is 5.16 Å². The number of rotatable bonds is 2. The highest BCUT2D eigenvalue weighted by Crippen LogP contribution is 2.05. The summed E-state index contributed by atoms with van der Waals surface area (Å²) in [5.74, 6) is -1.18. The predicted octanol–water partition coefficient (Wildman–Crippen LogP) is 0.827. The molecule has 1 aromatic heterocycles. The van der Waals surface area contributed by atoms with Crippen molar-refractivity contribution >= 4 is 17.5 Å². The lowest BCUT2D eigenvalue weighted by Gasteiger charge is -2.01. The fourth-order valence-corrected chi connectivity index (χ4v) is 1.20. The van der Waals surface area contributed by atoms with Crippen molar-refractivity contribution in [2.45, 2.75) is 0 Å². The Hall–Kier alpha value is -2.63. The molecule has 0 saturated heterocycles. The first kappa shape index (κ1) is 10.9. The molecule has 0 aliphatic heterocycles. The minimum Gasteiger partial charge on any atom is -0.399 e. The molecule has 1 heterocycles. The Bertz CT molecular complexity index is 532. The second-order valence-corrected chi connectivity index (χ2v) is 3.28. The standard InChI is InChI=1S/C11H9N3O3/c12-8-3-1-7(2-4-8)10(15)14-11(16)9-5-6-13-17-9/h1-6H,12H2,(H,14,15,16). The lowest BCUT2D eigenvalue weighted by Crippen LogP contribution is -2.30. The maximum Gasteiger partial charge on any atom is 0.296 e. The van der Waals surface area contributed by atoms with Gasteiger partial charge < -0.3 is 10.3 Å². The van der Waals surface area contributed by atoms with Gasteiger partial charge in [-0.15, -0.1) is 0 Å².